The van der Waals surface area contributed by atoms with E-state index in [1.807, 2.05) is 0 Å². The van der Waals surface area contributed by atoms with Crippen molar-refractivity contribution in [1.29, 1.82) is 0 Å². The van der Waals surface area contributed by atoms with Gasteiger partial charge in [-0.3, -0.25) is 4.79 Å². The molecular weight excluding hydrogens is 152 g/mol. The summed E-state index contributed by atoms with van der Waals surface area (Å²) in [4.78, 5) is 10.6. The SMILES string of the molecule is CC(C)CCC1(C)CC1C(=O)O. The van der Waals surface area contributed by atoms with E-state index in [4.69, 9.17) is 5.11 Å². The molecule has 0 saturated heterocycles. The van der Waals surface area contributed by atoms with Crippen molar-refractivity contribution in [3.8, 4) is 0 Å². The minimum Gasteiger partial charge on any atom is -0.481 e. The summed E-state index contributed by atoms with van der Waals surface area (Å²) in [5, 5.41) is 8.75. The lowest BCUT2D eigenvalue weighted by molar-refractivity contribution is -0.139. The molecule has 0 aromatic heterocycles. The Balaban J connectivity index is 2.30. The summed E-state index contributed by atoms with van der Waals surface area (Å²) in [6.07, 6.45) is 3.11. The van der Waals surface area contributed by atoms with Crippen LogP contribution in [-0.4, -0.2) is 11.1 Å². The number of rotatable bonds is 4. The van der Waals surface area contributed by atoms with Crippen LogP contribution in [0.2, 0.25) is 0 Å². The smallest absolute Gasteiger partial charge is 0.307 e. The fraction of sp³-hybridized carbons (Fsp3) is 0.900. The van der Waals surface area contributed by atoms with E-state index in [9.17, 15) is 4.79 Å². The molecule has 1 saturated carbocycles. The van der Waals surface area contributed by atoms with E-state index in [-0.39, 0.29) is 11.3 Å². The zero-order valence-electron chi connectivity index (χ0n) is 8.13. The predicted molar refractivity (Wildman–Crippen MR) is 47.9 cm³/mol. The normalized spacial score (nSPS) is 33.8. The highest BCUT2D eigenvalue weighted by Crippen LogP contribution is 2.55. The van der Waals surface area contributed by atoms with Gasteiger partial charge in [-0.1, -0.05) is 27.2 Å². The zero-order valence-corrected chi connectivity index (χ0v) is 8.13. The van der Waals surface area contributed by atoms with Gasteiger partial charge in [0, 0.05) is 0 Å². The second-order valence-electron chi connectivity index (χ2n) is 4.68. The maximum absolute atomic E-state index is 10.6. The molecule has 0 aromatic carbocycles. The lowest BCUT2D eigenvalue weighted by Crippen LogP contribution is -2.07. The lowest BCUT2D eigenvalue weighted by atomic mass is 9.95. The Bertz CT molecular complexity index is 186. The summed E-state index contributed by atoms with van der Waals surface area (Å²) in [5.41, 5.74) is 0.121. The summed E-state index contributed by atoms with van der Waals surface area (Å²) in [7, 11) is 0. The Morgan fingerprint density at radius 3 is 2.58 bits per heavy atom. The van der Waals surface area contributed by atoms with Crippen LogP contribution in [0.3, 0.4) is 0 Å². The van der Waals surface area contributed by atoms with E-state index < -0.39 is 5.97 Å². The Kier molecular flexibility index (Phi) is 2.45. The van der Waals surface area contributed by atoms with Gasteiger partial charge in [0.1, 0.15) is 0 Å². The molecule has 2 unspecified atom stereocenters. The third kappa shape index (κ3) is 1.99. The molecule has 2 nitrogen and oxygen atoms in total. The fourth-order valence-electron chi connectivity index (χ4n) is 1.69. The number of carbonyl (C=O) groups is 1. The van der Waals surface area contributed by atoms with Gasteiger partial charge in [0.25, 0.3) is 0 Å². The molecule has 1 aliphatic carbocycles. The predicted octanol–water partition coefficient (Wildman–Crippen LogP) is 2.53. The van der Waals surface area contributed by atoms with E-state index in [1.165, 1.54) is 0 Å². The maximum Gasteiger partial charge on any atom is 0.307 e. The van der Waals surface area contributed by atoms with Gasteiger partial charge in [-0.15, -0.1) is 0 Å². The van der Waals surface area contributed by atoms with Crippen molar-refractivity contribution < 1.29 is 9.90 Å². The first-order valence-electron chi connectivity index (χ1n) is 4.68. The zero-order chi connectivity index (χ0) is 9.35. The van der Waals surface area contributed by atoms with Gasteiger partial charge < -0.3 is 5.11 Å². The highest BCUT2D eigenvalue weighted by molar-refractivity contribution is 5.74. The summed E-state index contributed by atoms with van der Waals surface area (Å²) in [6, 6.07) is 0. The van der Waals surface area contributed by atoms with Crippen molar-refractivity contribution in [3.05, 3.63) is 0 Å². The second kappa shape index (κ2) is 3.08. The monoisotopic (exact) mass is 170 g/mol. The highest BCUT2D eigenvalue weighted by Gasteiger charge is 2.53. The number of carboxylic acids is 1. The van der Waals surface area contributed by atoms with Gasteiger partial charge in [-0.05, 0) is 24.2 Å². The van der Waals surface area contributed by atoms with Gasteiger partial charge in [0.2, 0.25) is 0 Å². The van der Waals surface area contributed by atoms with Crippen LogP contribution in [0, 0.1) is 17.3 Å². The van der Waals surface area contributed by atoms with E-state index >= 15 is 0 Å². The molecule has 12 heavy (non-hydrogen) atoms. The first-order valence-corrected chi connectivity index (χ1v) is 4.68. The summed E-state index contributed by atoms with van der Waals surface area (Å²) >= 11 is 0. The van der Waals surface area contributed by atoms with Gasteiger partial charge in [-0.25, -0.2) is 0 Å². The quantitative estimate of drug-likeness (QED) is 0.704. The second-order valence-corrected chi connectivity index (χ2v) is 4.68. The molecule has 0 aromatic rings. The van der Waals surface area contributed by atoms with Crippen LogP contribution in [0.25, 0.3) is 0 Å². The van der Waals surface area contributed by atoms with Crippen molar-refractivity contribution in [2.45, 2.75) is 40.0 Å². The molecule has 2 atom stereocenters. The van der Waals surface area contributed by atoms with Crippen molar-refractivity contribution in [2.75, 3.05) is 0 Å². The molecule has 70 valence electrons. The average molecular weight is 170 g/mol. The van der Waals surface area contributed by atoms with Crippen molar-refractivity contribution in [1.82, 2.24) is 0 Å². The molecule has 2 heteroatoms. The van der Waals surface area contributed by atoms with Crippen molar-refractivity contribution in [3.63, 3.8) is 0 Å². The minimum absolute atomic E-state index is 0.0590. The molecule has 0 heterocycles. The van der Waals surface area contributed by atoms with Crippen LogP contribution in [0.15, 0.2) is 0 Å². The minimum atomic E-state index is -0.610. The summed E-state index contributed by atoms with van der Waals surface area (Å²) in [5.74, 6) is 0.0226. The standard InChI is InChI=1S/C10H18O2/c1-7(2)4-5-10(3)6-8(10)9(11)12/h7-8H,4-6H2,1-3H3,(H,11,12). The van der Waals surface area contributed by atoms with Crippen LogP contribution in [0.4, 0.5) is 0 Å². The third-order valence-corrected chi connectivity index (χ3v) is 2.94. The van der Waals surface area contributed by atoms with E-state index in [0.29, 0.717) is 5.92 Å². The molecule has 1 fully saturated rings. The van der Waals surface area contributed by atoms with Crippen LogP contribution < -0.4 is 0 Å². The lowest BCUT2D eigenvalue weighted by Gasteiger charge is -2.10. The molecule has 1 N–H and O–H groups in total. The molecule has 0 radical (unpaired) electrons. The fourth-order valence-corrected chi connectivity index (χ4v) is 1.69. The molecule has 1 rings (SSSR count). The van der Waals surface area contributed by atoms with E-state index in [1.54, 1.807) is 0 Å². The number of hydrogen-bond acceptors (Lipinski definition) is 1. The third-order valence-electron chi connectivity index (χ3n) is 2.94. The van der Waals surface area contributed by atoms with Gasteiger partial charge in [-0.2, -0.15) is 0 Å². The number of hydrogen-bond donors (Lipinski definition) is 1. The Hall–Kier alpha value is -0.530. The Morgan fingerprint density at radius 1 is 1.67 bits per heavy atom. The molecule has 0 spiro atoms. The average Bonchev–Trinajstić information content (AvgIpc) is 2.60. The number of carboxylic acid groups (broad SMARTS) is 1. The van der Waals surface area contributed by atoms with Crippen LogP contribution >= 0.6 is 0 Å². The van der Waals surface area contributed by atoms with Crippen LogP contribution in [-0.2, 0) is 4.79 Å². The molecule has 0 bridgehead atoms. The molecule has 1 aliphatic rings. The number of aliphatic carboxylic acids is 1. The highest BCUT2D eigenvalue weighted by atomic mass is 16.4. The summed E-state index contributed by atoms with van der Waals surface area (Å²) < 4.78 is 0. The van der Waals surface area contributed by atoms with Crippen molar-refractivity contribution >= 4 is 5.97 Å². The van der Waals surface area contributed by atoms with Gasteiger partial charge in [0.15, 0.2) is 0 Å². The maximum atomic E-state index is 10.6. The van der Waals surface area contributed by atoms with Gasteiger partial charge >= 0.3 is 5.97 Å². The van der Waals surface area contributed by atoms with Crippen LogP contribution in [0.5, 0.6) is 0 Å². The Morgan fingerprint density at radius 2 is 2.25 bits per heavy atom. The van der Waals surface area contributed by atoms with E-state index in [0.717, 1.165) is 19.3 Å². The van der Waals surface area contributed by atoms with E-state index in [2.05, 4.69) is 20.8 Å². The first kappa shape index (κ1) is 9.56. The van der Waals surface area contributed by atoms with Gasteiger partial charge in [0.05, 0.1) is 5.92 Å². The Labute approximate surface area is 74.0 Å². The summed E-state index contributed by atoms with van der Waals surface area (Å²) in [6.45, 7) is 6.46. The first-order chi connectivity index (χ1) is 5.46. The topological polar surface area (TPSA) is 37.3 Å². The molecule has 0 amide bonds. The largest absolute Gasteiger partial charge is 0.481 e. The molecule has 0 aliphatic heterocycles. The van der Waals surface area contributed by atoms with Crippen LogP contribution in [0.1, 0.15) is 40.0 Å². The van der Waals surface area contributed by atoms with Crippen molar-refractivity contribution in [2.24, 2.45) is 17.3 Å². The molecular formula is C10H18O2.